The standard InChI is InChI=1S/C13H13ClN2O/c1-8-6-11(14)13(15)12(7-8)16-9-2-4-10(17)5-3-9/h2-5,7,17H,6,15H2,1H3/b16-12-. The summed E-state index contributed by atoms with van der Waals surface area (Å²) in [6.07, 6.45) is 2.61. The molecule has 1 aromatic rings. The molecule has 1 aliphatic carbocycles. The highest BCUT2D eigenvalue weighted by Gasteiger charge is 2.13. The second-order valence-corrected chi connectivity index (χ2v) is 4.46. The van der Waals surface area contributed by atoms with Crippen molar-refractivity contribution in [3.63, 3.8) is 0 Å². The number of benzene rings is 1. The van der Waals surface area contributed by atoms with Crippen LogP contribution in [0.4, 0.5) is 5.69 Å². The lowest BCUT2D eigenvalue weighted by atomic mass is 10.0. The van der Waals surface area contributed by atoms with Crippen LogP contribution in [0.1, 0.15) is 13.3 Å². The molecule has 0 fully saturated rings. The number of hydrogen-bond acceptors (Lipinski definition) is 3. The van der Waals surface area contributed by atoms with Crippen LogP contribution in [-0.2, 0) is 0 Å². The maximum Gasteiger partial charge on any atom is 0.115 e. The topological polar surface area (TPSA) is 58.6 Å². The molecule has 0 aromatic heterocycles. The van der Waals surface area contributed by atoms with E-state index in [2.05, 4.69) is 4.99 Å². The lowest BCUT2D eigenvalue weighted by Gasteiger charge is -2.13. The smallest absolute Gasteiger partial charge is 0.115 e. The molecule has 0 atom stereocenters. The number of nitrogens with zero attached hydrogens (tertiary/aromatic N) is 1. The van der Waals surface area contributed by atoms with Gasteiger partial charge in [-0.25, -0.2) is 4.99 Å². The molecule has 1 aliphatic rings. The Balaban J connectivity index is 2.38. The van der Waals surface area contributed by atoms with Crippen molar-refractivity contribution < 1.29 is 5.11 Å². The zero-order valence-electron chi connectivity index (χ0n) is 9.44. The average Bonchev–Trinajstić information content (AvgIpc) is 2.28. The van der Waals surface area contributed by atoms with Crippen LogP contribution in [0.15, 0.2) is 51.6 Å². The fourth-order valence-corrected chi connectivity index (χ4v) is 1.91. The highest BCUT2D eigenvalue weighted by Crippen LogP contribution is 2.25. The summed E-state index contributed by atoms with van der Waals surface area (Å²) in [4.78, 5) is 4.40. The van der Waals surface area contributed by atoms with E-state index >= 15 is 0 Å². The second kappa shape index (κ2) is 4.63. The van der Waals surface area contributed by atoms with E-state index in [1.54, 1.807) is 24.3 Å². The Kier molecular flexibility index (Phi) is 3.20. The molecule has 0 amide bonds. The lowest BCUT2D eigenvalue weighted by molar-refractivity contribution is 0.475. The van der Waals surface area contributed by atoms with E-state index in [1.165, 1.54) is 0 Å². The van der Waals surface area contributed by atoms with Gasteiger partial charge in [0.1, 0.15) is 5.75 Å². The average molecular weight is 249 g/mol. The number of hydrogen-bond donors (Lipinski definition) is 2. The van der Waals surface area contributed by atoms with Gasteiger partial charge in [-0.1, -0.05) is 17.2 Å². The number of phenols is 1. The maximum atomic E-state index is 9.18. The molecule has 0 bridgehead atoms. The molecule has 3 N–H and O–H groups in total. The summed E-state index contributed by atoms with van der Waals surface area (Å²) < 4.78 is 0. The lowest BCUT2D eigenvalue weighted by Crippen LogP contribution is -2.15. The molecule has 17 heavy (non-hydrogen) atoms. The van der Waals surface area contributed by atoms with Crippen LogP contribution in [0.3, 0.4) is 0 Å². The van der Waals surface area contributed by atoms with Crippen LogP contribution in [0.5, 0.6) is 5.75 Å². The van der Waals surface area contributed by atoms with Gasteiger partial charge in [-0.2, -0.15) is 0 Å². The van der Waals surface area contributed by atoms with Crippen molar-refractivity contribution in [2.75, 3.05) is 0 Å². The van der Waals surface area contributed by atoms with Crippen molar-refractivity contribution >= 4 is 23.0 Å². The molecule has 0 aliphatic heterocycles. The molecule has 4 heteroatoms. The van der Waals surface area contributed by atoms with Gasteiger partial charge >= 0.3 is 0 Å². The van der Waals surface area contributed by atoms with E-state index in [1.807, 2.05) is 13.0 Å². The molecule has 1 aromatic carbocycles. The van der Waals surface area contributed by atoms with Crippen molar-refractivity contribution in [2.24, 2.45) is 10.7 Å². The molecule has 0 unspecified atom stereocenters. The third-order valence-electron chi connectivity index (χ3n) is 2.48. The minimum Gasteiger partial charge on any atom is -0.508 e. The minimum atomic E-state index is 0.214. The zero-order chi connectivity index (χ0) is 12.4. The van der Waals surface area contributed by atoms with Crippen molar-refractivity contribution in [3.8, 4) is 5.75 Å². The Morgan fingerprint density at radius 3 is 2.59 bits per heavy atom. The van der Waals surface area contributed by atoms with Crippen molar-refractivity contribution in [2.45, 2.75) is 13.3 Å². The van der Waals surface area contributed by atoms with E-state index in [9.17, 15) is 5.11 Å². The van der Waals surface area contributed by atoms with Gasteiger partial charge in [-0.15, -0.1) is 0 Å². The quantitative estimate of drug-likeness (QED) is 0.802. The molecular weight excluding hydrogens is 236 g/mol. The fourth-order valence-electron chi connectivity index (χ4n) is 1.60. The summed E-state index contributed by atoms with van der Waals surface area (Å²) in [6.45, 7) is 1.99. The number of aliphatic imine (C=N–C) groups is 1. The summed E-state index contributed by atoms with van der Waals surface area (Å²) in [5.74, 6) is 0.214. The first-order valence-electron chi connectivity index (χ1n) is 5.25. The molecule has 0 saturated heterocycles. The Bertz CT molecular complexity index is 527. The Labute approximate surface area is 105 Å². The zero-order valence-corrected chi connectivity index (χ0v) is 10.2. The van der Waals surface area contributed by atoms with Gasteiger partial charge in [0.15, 0.2) is 0 Å². The monoisotopic (exact) mass is 248 g/mol. The van der Waals surface area contributed by atoms with Crippen LogP contribution >= 0.6 is 11.6 Å². The first-order chi connectivity index (χ1) is 8.06. The number of rotatable bonds is 1. The van der Waals surface area contributed by atoms with Gasteiger partial charge in [-0.05, 0) is 37.3 Å². The molecule has 2 rings (SSSR count). The van der Waals surface area contributed by atoms with Gasteiger partial charge in [0.25, 0.3) is 0 Å². The van der Waals surface area contributed by atoms with E-state index < -0.39 is 0 Å². The molecular formula is C13H13ClN2O. The van der Waals surface area contributed by atoms with Crippen LogP contribution in [-0.4, -0.2) is 10.8 Å². The third-order valence-corrected chi connectivity index (χ3v) is 2.82. The number of aromatic hydroxyl groups is 1. The number of nitrogens with two attached hydrogens (primary N) is 1. The van der Waals surface area contributed by atoms with E-state index in [4.69, 9.17) is 17.3 Å². The molecule has 0 spiro atoms. The van der Waals surface area contributed by atoms with E-state index in [-0.39, 0.29) is 5.75 Å². The van der Waals surface area contributed by atoms with Crippen molar-refractivity contribution in [1.82, 2.24) is 0 Å². The van der Waals surface area contributed by atoms with Crippen molar-refractivity contribution in [1.29, 1.82) is 0 Å². The Morgan fingerprint density at radius 2 is 1.94 bits per heavy atom. The molecule has 0 saturated carbocycles. The van der Waals surface area contributed by atoms with E-state index in [0.29, 0.717) is 22.9 Å². The first kappa shape index (κ1) is 11.7. The maximum absolute atomic E-state index is 9.18. The summed E-state index contributed by atoms with van der Waals surface area (Å²) in [5, 5.41) is 9.81. The summed E-state index contributed by atoms with van der Waals surface area (Å²) in [6, 6.07) is 6.61. The summed E-state index contributed by atoms with van der Waals surface area (Å²) >= 11 is 6.04. The Morgan fingerprint density at radius 1 is 1.29 bits per heavy atom. The van der Waals surface area contributed by atoms with Crippen LogP contribution in [0.25, 0.3) is 0 Å². The van der Waals surface area contributed by atoms with E-state index in [0.717, 1.165) is 11.3 Å². The van der Waals surface area contributed by atoms with Crippen molar-refractivity contribution in [3.05, 3.63) is 46.6 Å². The predicted octanol–water partition coefficient (Wildman–Crippen LogP) is 3.22. The van der Waals surface area contributed by atoms with Crippen LogP contribution < -0.4 is 5.73 Å². The predicted molar refractivity (Wildman–Crippen MR) is 70.6 cm³/mol. The number of phenolic OH excluding ortho intramolecular Hbond substituents is 1. The summed E-state index contributed by atoms with van der Waals surface area (Å²) in [7, 11) is 0. The first-order valence-corrected chi connectivity index (χ1v) is 5.63. The second-order valence-electron chi connectivity index (χ2n) is 4.00. The van der Waals surface area contributed by atoms with Gasteiger partial charge in [-0.3, -0.25) is 0 Å². The number of halogens is 1. The molecule has 0 radical (unpaired) electrons. The normalized spacial score (nSPS) is 18.5. The van der Waals surface area contributed by atoms with Gasteiger partial charge in [0.2, 0.25) is 0 Å². The van der Waals surface area contributed by atoms with Gasteiger partial charge in [0.05, 0.1) is 17.1 Å². The Hall–Kier alpha value is -1.74. The largest absolute Gasteiger partial charge is 0.508 e. The van der Waals surface area contributed by atoms with Crippen LogP contribution in [0.2, 0.25) is 0 Å². The van der Waals surface area contributed by atoms with Crippen LogP contribution in [0, 0.1) is 0 Å². The molecule has 0 heterocycles. The molecule has 3 nitrogen and oxygen atoms in total. The SMILES string of the molecule is CC1=C/C(=N/c2ccc(O)cc2)C(N)=C(Cl)C1. The highest BCUT2D eigenvalue weighted by atomic mass is 35.5. The van der Waals surface area contributed by atoms with Gasteiger partial charge in [0, 0.05) is 11.5 Å². The third kappa shape index (κ3) is 2.68. The minimum absolute atomic E-state index is 0.214. The molecule has 88 valence electrons. The summed E-state index contributed by atoms with van der Waals surface area (Å²) in [5.41, 5.74) is 8.93. The fraction of sp³-hybridized carbons (Fsp3) is 0.154. The van der Waals surface area contributed by atoms with Gasteiger partial charge < -0.3 is 10.8 Å². The highest BCUT2D eigenvalue weighted by molar-refractivity contribution is 6.33. The number of allylic oxidation sites excluding steroid dienone is 3.